The Morgan fingerprint density at radius 1 is 1.18 bits per heavy atom. The average Bonchev–Trinajstić information content (AvgIpc) is 3.11. The highest BCUT2D eigenvalue weighted by Crippen LogP contribution is 2.45. The van der Waals surface area contributed by atoms with E-state index in [4.69, 9.17) is 11.6 Å². The van der Waals surface area contributed by atoms with Gasteiger partial charge in [0.2, 0.25) is 0 Å². The summed E-state index contributed by atoms with van der Waals surface area (Å²) in [5, 5.41) is 0.640. The van der Waals surface area contributed by atoms with Gasteiger partial charge in [0.1, 0.15) is 6.29 Å². The molecule has 22 heavy (non-hydrogen) atoms. The van der Waals surface area contributed by atoms with Crippen molar-refractivity contribution in [2.24, 2.45) is 0 Å². The smallest absolute Gasteiger partial charge is 0.129 e. The Labute approximate surface area is 133 Å². The summed E-state index contributed by atoms with van der Waals surface area (Å²) in [7, 11) is 0. The lowest BCUT2D eigenvalue weighted by molar-refractivity contribution is -0.109. The highest BCUT2D eigenvalue weighted by Gasteiger charge is 2.34. The van der Waals surface area contributed by atoms with E-state index in [2.05, 4.69) is 21.7 Å². The molecule has 3 aromatic rings. The normalized spacial score (nSPS) is 16.9. The number of carbonyl (C=O) groups is 1. The molecule has 2 unspecified atom stereocenters. The van der Waals surface area contributed by atoms with Crippen LogP contribution in [-0.4, -0.2) is 15.8 Å². The number of benzene rings is 2. The number of nitrogens with zero attached hydrogens (tertiary/aromatic N) is 2. The first-order chi connectivity index (χ1) is 10.8. The second-order valence-electron chi connectivity index (χ2n) is 5.44. The van der Waals surface area contributed by atoms with Gasteiger partial charge < -0.3 is 9.36 Å². The van der Waals surface area contributed by atoms with Gasteiger partial charge in [-0.2, -0.15) is 0 Å². The van der Waals surface area contributed by atoms with Gasteiger partial charge in [0.05, 0.1) is 30.2 Å². The maximum atomic E-state index is 11.9. The molecule has 0 N–H and O–H groups in total. The molecular weight excluding hydrogens is 296 g/mol. The van der Waals surface area contributed by atoms with Crippen LogP contribution in [0.2, 0.25) is 5.02 Å². The highest BCUT2D eigenvalue weighted by atomic mass is 35.5. The van der Waals surface area contributed by atoms with E-state index >= 15 is 0 Å². The summed E-state index contributed by atoms with van der Waals surface area (Å²) in [5.41, 5.74) is 4.26. The van der Waals surface area contributed by atoms with Gasteiger partial charge >= 0.3 is 0 Å². The Bertz CT molecular complexity index is 856. The Morgan fingerprint density at radius 2 is 2.05 bits per heavy atom. The summed E-state index contributed by atoms with van der Waals surface area (Å²) < 4.78 is 2.07. The molecule has 0 fully saturated rings. The number of imidazole rings is 1. The van der Waals surface area contributed by atoms with E-state index in [-0.39, 0.29) is 12.0 Å². The van der Waals surface area contributed by atoms with Crippen molar-refractivity contribution in [3.05, 3.63) is 77.2 Å². The van der Waals surface area contributed by atoms with Gasteiger partial charge in [-0.05, 0) is 23.3 Å². The zero-order chi connectivity index (χ0) is 15.1. The summed E-state index contributed by atoms with van der Waals surface area (Å²) in [6.07, 6.45) is 4.64. The molecule has 1 aliphatic heterocycles. The van der Waals surface area contributed by atoms with E-state index in [1.807, 2.05) is 42.6 Å². The van der Waals surface area contributed by atoms with Gasteiger partial charge in [0, 0.05) is 10.6 Å². The molecule has 4 rings (SSSR count). The van der Waals surface area contributed by atoms with Crippen LogP contribution >= 0.6 is 11.6 Å². The predicted octanol–water partition coefficient (Wildman–Crippen LogP) is 4.09. The zero-order valence-corrected chi connectivity index (χ0v) is 12.4. The molecule has 108 valence electrons. The fourth-order valence-electron chi connectivity index (χ4n) is 3.29. The Morgan fingerprint density at radius 3 is 2.86 bits per heavy atom. The molecule has 0 aliphatic carbocycles. The lowest BCUT2D eigenvalue weighted by Crippen LogP contribution is -2.17. The molecule has 4 heteroatoms. The van der Waals surface area contributed by atoms with E-state index in [0.717, 1.165) is 28.7 Å². The van der Waals surface area contributed by atoms with Gasteiger partial charge in [-0.3, -0.25) is 0 Å². The van der Waals surface area contributed by atoms with Crippen LogP contribution in [0.1, 0.15) is 23.1 Å². The molecule has 0 saturated carbocycles. The number of rotatable bonds is 3. The quantitative estimate of drug-likeness (QED) is 0.683. The molecule has 2 aromatic carbocycles. The monoisotopic (exact) mass is 308 g/mol. The first-order valence-corrected chi connectivity index (χ1v) is 7.49. The van der Waals surface area contributed by atoms with Crippen LogP contribution in [0.3, 0.4) is 0 Å². The largest absolute Gasteiger partial charge is 0.322 e. The summed E-state index contributed by atoms with van der Waals surface area (Å²) in [4.78, 5) is 16.1. The van der Waals surface area contributed by atoms with Gasteiger partial charge in [0.25, 0.3) is 0 Å². The molecule has 3 nitrogen and oxygen atoms in total. The molecule has 2 atom stereocenters. The number of fused-ring (bicyclic) bond motifs is 3. The standard InChI is InChI=1S/C18H13ClN2O/c19-13-5-3-4-12(8-13)16(10-22)18-15-7-2-1-6-14(15)17-9-20-11-21(17)18/h1-11,16,18H. The van der Waals surface area contributed by atoms with Crippen molar-refractivity contribution in [2.75, 3.05) is 0 Å². The third-order valence-corrected chi connectivity index (χ3v) is 4.48. The van der Waals surface area contributed by atoms with Crippen molar-refractivity contribution in [2.45, 2.75) is 12.0 Å². The van der Waals surface area contributed by atoms with Crippen LogP contribution in [0.4, 0.5) is 0 Å². The number of hydrogen-bond donors (Lipinski definition) is 0. The third kappa shape index (κ3) is 1.90. The Kier molecular flexibility index (Phi) is 3.09. The van der Waals surface area contributed by atoms with Crippen molar-refractivity contribution >= 4 is 17.9 Å². The van der Waals surface area contributed by atoms with Crippen molar-refractivity contribution in [3.63, 3.8) is 0 Å². The minimum atomic E-state index is -0.296. The molecule has 2 heterocycles. The minimum absolute atomic E-state index is 0.0790. The zero-order valence-electron chi connectivity index (χ0n) is 11.7. The van der Waals surface area contributed by atoms with Crippen LogP contribution < -0.4 is 0 Å². The third-order valence-electron chi connectivity index (χ3n) is 4.24. The van der Waals surface area contributed by atoms with Crippen LogP contribution in [0.15, 0.2) is 61.1 Å². The second-order valence-corrected chi connectivity index (χ2v) is 5.87. The maximum Gasteiger partial charge on any atom is 0.129 e. The summed E-state index contributed by atoms with van der Waals surface area (Å²) in [6, 6.07) is 15.6. The van der Waals surface area contributed by atoms with Crippen LogP contribution in [0.25, 0.3) is 11.3 Å². The van der Waals surface area contributed by atoms with Crippen LogP contribution in [0.5, 0.6) is 0 Å². The molecule has 0 bridgehead atoms. The predicted molar refractivity (Wildman–Crippen MR) is 86.1 cm³/mol. The lowest BCUT2D eigenvalue weighted by atomic mass is 9.88. The van der Waals surface area contributed by atoms with E-state index in [9.17, 15) is 4.79 Å². The van der Waals surface area contributed by atoms with Crippen molar-refractivity contribution in [1.82, 2.24) is 9.55 Å². The molecule has 1 aliphatic rings. The topological polar surface area (TPSA) is 34.9 Å². The lowest BCUT2D eigenvalue weighted by Gasteiger charge is -2.22. The fraction of sp³-hybridized carbons (Fsp3) is 0.111. The first-order valence-electron chi connectivity index (χ1n) is 7.11. The molecule has 0 amide bonds. The van der Waals surface area contributed by atoms with Gasteiger partial charge in [-0.15, -0.1) is 0 Å². The van der Waals surface area contributed by atoms with E-state index in [0.29, 0.717) is 5.02 Å². The van der Waals surface area contributed by atoms with Crippen molar-refractivity contribution in [3.8, 4) is 11.3 Å². The number of hydrogen-bond acceptors (Lipinski definition) is 2. The summed E-state index contributed by atoms with van der Waals surface area (Å²) >= 11 is 6.10. The van der Waals surface area contributed by atoms with Gasteiger partial charge in [-0.25, -0.2) is 4.98 Å². The number of aldehydes is 1. The minimum Gasteiger partial charge on any atom is -0.322 e. The average molecular weight is 309 g/mol. The Hall–Kier alpha value is -2.39. The highest BCUT2D eigenvalue weighted by molar-refractivity contribution is 6.30. The molecule has 0 spiro atoms. The van der Waals surface area contributed by atoms with E-state index in [1.165, 1.54) is 0 Å². The fourth-order valence-corrected chi connectivity index (χ4v) is 3.49. The van der Waals surface area contributed by atoms with E-state index < -0.39 is 0 Å². The first kappa shape index (κ1) is 13.3. The maximum absolute atomic E-state index is 11.9. The van der Waals surface area contributed by atoms with Crippen molar-refractivity contribution in [1.29, 1.82) is 0 Å². The van der Waals surface area contributed by atoms with Gasteiger partial charge in [-0.1, -0.05) is 48.0 Å². The molecule has 0 radical (unpaired) electrons. The number of aromatic nitrogens is 2. The molecule has 0 saturated heterocycles. The Balaban J connectivity index is 1.90. The van der Waals surface area contributed by atoms with Crippen LogP contribution in [-0.2, 0) is 4.79 Å². The number of carbonyl (C=O) groups excluding carboxylic acids is 1. The van der Waals surface area contributed by atoms with Crippen LogP contribution in [0, 0.1) is 0 Å². The number of halogens is 1. The SMILES string of the molecule is O=CC(c1cccc(Cl)c1)C1c2ccccc2-c2cncn21. The molecule has 1 aromatic heterocycles. The summed E-state index contributed by atoms with van der Waals surface area (Å²) in [5.74, 6) is -0.296. The van der Waals surface area contributed by atoms with E-state index in [1.54, 1.807) is 6.33 Å². The van der Waals surface area contributed by atoms with Gasteiger partial charge in [0.15, 0.2) is 0 Å². The van der Waals surface area contributed by atoms with Crippen molar-refractivity contribution < 1.29 is 4.79 Å². The summed E-state index contributed by atoms with van der Waals surface area (Å²) in [6.45, 7) is 0. The second kappa shape index (κ2) is 5.11. The molecular formula is C18H13ClN2O.